The summed E-state index contributed by atoms with van der Waals surface area (Å²) in [7, 11) is 1.63. The first-order valence-corrected chi connectivity index (χ1v) is 12.0. The molecule has 7 nitrogen and oxygen atoms in total. The van der Waals surface area contributed by atoms with Gasteiger partial charge in [0.15, 0.2) is 11.5 Å². The summed E-state index contributed by atoms with van der Waals surface area (Å²) < 4.78 is 19.8. The number of aliphatic hydroxyl groups is 1. The molecule has 1 aliphatic heterocycles. The Kier molecular flexibility index (Phi) is 7.90. The molecule has 1 N–H and O–H groups in total. The summed E-state index contributed by atoms with van der Waals surface area (Å²) in [6.07, 6.45) is 3.80. The van der Waals surface area contributed by atoms with Crippen molar-refractivity contribution >= 4 is 0 Å². The Labute approximate surface area is 207 Å². The fourth-order valence-corrected chi connectivity index (χ4v) is 4.38. The zero-order valence-electron chi connectivity index (χ0n) is 20.8. The Bertz CT molecular complexity index is 1120. The lowest BCUT2D eigenvalue weighted by Crippen LogP contribution is -2.42. The van der Waals surface area contributed by atoms with Crippen molar-refractivity contribution in [2.24, 2.45) is 0 Å². The van der Waals surface area contributed by atoms with E-state index in [-0.39, 0.29) is 6.10 Å². The Morgan fingerprint density at radius 1 is 1.20 bits per heavy atom. The Hall–Kier alpha value is -3.13. The number of methoxy groups -OCH3 is 1. The van der Waals surface area contributed by atoms with Crippen LogP contribution >= 0.6 is 0 Å². The van der Waals surface area contributed by atoms with Crippen LogP contribution in [-0.2, 0) is 11.3 Å². The molecule has 0 amide bonds. The molecule has 2 atom stereocenters. The van der Waals surface area contributed by atoms with Gasteiger partial charge < -0.3 is 19.3 Å². The van der Waals surface area contributed by atoms with Gasteiger partial charge in [-0.25, -0.2) is 4.68 Å². The van der Waals surface area contributed by atoms with E-state index in [1.807, 2.05) is 66.2 Å². The molecule has 186 valence electrons. The van der Waals surface area contributed by atoms with Gasteiger partial charge in [-0.15, -0.1) is 6.58 Å². The lowest BCUT2D eigenvalue weighted by Gasteiger charge is -2.31. The lowest BCUT2D eigenvalue weighted by atomic mass is 10.1. The molecule has 2 heterocycles. The second-order valence-corrected chi connectivity index (χ2v) is 9.24. The van der Waals surface area contributed by atoms with Crippen molar-refractivity contribution in [3.05, 3.63) is 78.5 Å². The maximum atomic E-state index is 10.8. The van der Waals surface area contributed by atoms with Crippen molar-refractivity contribution < 1.29 is 19.3 Å². The van der Waals surface area contributed by atoms with Crippen molar-refractivity contribution in [2.75, 3.05) is 26.8 Å². The molecule has 0 spiro atoms. The van der Waals surface area contributed by atoms with E-state index < -0.39 is 5.60 Å². The average molecular weight is 478 g/mol. The monoisotopic (exact) mass is 477 g/mol. The van der Waals surface area contributed by atoms with E-state index in [0.717, 1.165) is 36.4 Å². The van der Waals surface area contributed by atoms with Crippen LogP contribution in [0, 0.1) is 6.92 Å². The van der Waals surface area contributed by atoms with E-state index >= 15 is 0 Å². The van der Waals surface area contributed by atoms with Crippen LogP contribution in [0.1, 0.15) is 31.0 Å². The lowest BCUT2D eigenvalue weighted by molar-refractivity contribution is 0.0239. The summed E-state index contributed by atoms with van der Waals surface area (Å²) in [5.41, 5.74) is 1.66. The number of aryl methyl sites for hydroxylation is 1. The van der Waals surface area contributed by atoms with E-state index in [1.54, 1.807) is 20.1 Å². The van der Waals surface area contributed by atoms with Gasteiger partial charge >= 0.3 is 0 Å². The summed E-state index contributed by atoms with van der Waals surface area (Å²) in [6.45, 7) is 10.0. The van der Waals surface area contributed by atoms with Crippen molar-refractivity contribution in [1.29, 1.82) is 0 Å². The van der Waals surface area contributed by atoms with E-state index in [1.165, 1.54) is 0 Å². The van der Waals surface area contributed by atoms with E-state index in [4.69, 9.17) is 19.3 Å². The molecule has 1 saturated heterocycles. The number of hydrogen-bond acceptors (Lipinski definition) is 6. The van der Waals surface area contributed by atoms with Gasteiger partial charge in [-0.3, -0.25) is 4.90 Å². The van der Waals surface area contributed by atoms with Crippen LogP contribution in [0.5, 0.6) is 17.4 Å². The van der Waals surface area contributed by atoms with Crippen LogP contribution in [0.3, 0.4) is 0 Å². The highest BCUT2D eigenvalue weighted by atomic mass is 16.5. The first-order chi connectivity index (χ1) is 16.9. The van der Waals surface area contributed by atoms with Crippen LogP contribution in [0.2, 0.25) is 0 Å². The van der Waals surface area contributed by atoms with E-state index in [0.29, 0.717) is 37.0 Å². The average Bonchev–Trinajstić information content (AvgIpc) is 3.48. The predicted molar refractivity (Wildman–Crippen MR) is 136 cm³/mol. The highest BCUT2D eigenvalue weighted by Crippen LogP contribution is 2.36. The molecule has 0 bridgehead atoms. The largest absolute Gasteiger partial charge is 0.493 e. The SMILES string of the molecule is C=C[C@](C)(O)CN(Cc1c(C)nn(-c2ccccc2)c1Oc1ccccc1OC)C[C@H]1CCCO1. The second-order valence-electron chi connectivity index (χ2n) is 9.24. The quantitative estimate of drug-likeness (QED) is 0.396. The normalized spacial score (nSPS) is 17.3. The zero-order chi connectivity index (χ0) is 24.8. The van der Waals surface area contributed by atoms with Crippen molar-refractivity contribution in [2.45, 2.75) is 44.9 Å². The molecule has 0 radical (unpaired) electrons. The Balaban J connectivity index is 1.74. The highest BCUT2D eigenvalue weighted by molar-refractivity contribution is 5.47. The number of benzene rings is 2. The smallest absolute Gasteiger partial charge is 0.227 e. The van der Waals surface area contributed by atoms with Gasteiger partial charge in [0, 0.05) is 26.2 Å². The first kappa shape index (κ1) is 25.0. The summed E-state index contributed by atoms with van der Waals surface area (Å²) in [6, 6.07) is 17.5. The van der Waals surface area contributed by atoms with Gasteiger partial charge in [0.25, 0.3) is 0 Å². The van der Waals surface area contributed by atoms with Gasteiger partial charge in [-0.2, -0.15) is 5.10 Å². The molecule has 4 rings (SSSR count). The Morgan fingerprint density at radius 2 is 1.91 bits per heavy atom. The van der Waals surface area contributed by atoms with Gasteiger partial charge in [-0.1, -0.05) is 36.4 Å². The molecule has 0 saturated carbocycles. The van der Waals surface area contributed by atoms with Crippen LogP contribution in [0.15, 0.2) is 67.3 Å². The minimum Gasteiger partial charge on any atom is -0.493 e. The fourth-order valence-electron chi connectivity index (χ4n) is 4.38. The maximum Gasteiger partial charge on any atom is 0.227 e. The fraction of sp³-hybridized carbons (Fsp3) is 0.393. The van der Waals surface area contributed by atoms with Crippen LogP contribution in [0.25, 0.3) is 5.69 Å². The second kappa shape index (κ2) is 11.1. The standard InChI is InChI=1S/C28H35N3O4/c1-5-28(3,32)20-30(18-23-14-11-17-34-23)19-24-21(2)29-31(22-12-7-6-8-13-22)27(24)35-26-16-10-9-15-25(26)33-4/h5-10,12-13,15-16,23,32H,1,11,14,17-20H2,2-4H3/t23-,28+/m1/s1. The molecule has 0 unspecified atom stereocenters. The summed E-state index contributed by atoms with van der Waals surface area (Å²) in [5, 5.41) is 15.6. The molecular weight excluding hydrogens is 442 g/mol. The molecule has 3 aromatic rings. The third-order valence-electron chi connectivity index (χ3n) is 6.26. The van der Waals surface area contributed by atoms with Crippen molar-refractivity contribution in [3.63, 3.8) is 0 Å². The van der Waals surface area contributed by atoms with Crippen LogP contribution < -0.4 is 9.47 Å². The third kappa shape index (κ3) is 6.11. The van der Waals surface area contributed by atoms with Gasteiger partial charge in [0.05, 0.1) is 35.8 Å². The molecule has 1 aromatic heterocycles. The number of aromatic nitrogens is 2. The molecule has 35 heavy (non-hydrogen) atoms. The topological polar surface area (TPSA) is 69.0 Å². The summed E-state index contributed by atoms with van der Waals surface area (Å²) >= 11 is 0. The number of nitrogens with zero attached hydrogens (tertiary/aromatic N) is 3. The van der Waals surface area contributed by atoms with Crippen LogP contribution in [-0.4, -0.2) is 58.3 Å². The highest BCUT2D eigenvalue weighted by Gasteiger charge is 2.28. The zero-order valence-corrected chi connectivity index (χ0v) is 20.8. The van der Waals surface area contributed by atoms with E-state index in [9.17, 15) is 5.11 Å². The van der Waals surface area contributed by atoms with Gasteiger partial charge in [0.1, 0.15) is 0 Å². The number of para-hydroxylation sites is 3. The van der Waals surface area contributed by atoms with Gasteiger partial charge in [0.2, 0.25) is 5.88 Å². The molecule has 1 aliphatic rings. The minimum atomic E-state index is -1.04. The Morgan fingerprint density at radius 3 is 2.57 bits per heavy atom. The van der Waals surface area contributed by atoms with Crippen molar-refractivity contribution in [1.82, 2.24) is 14.7 Å². The summed E-state index contributed by atoms with van der Waals surface area (Å²) in [5.74, 6) is 1.87. The number of hydrogen-bond donors (Lipinski definition) is 1. The molecule has 1 fully saturated rings. The summed E-state index contributed by atoms with van der Waals surface area (Å²) in [4.78, 5) is 2.20. The molecular formula is C28H35N3O4. The third-order valence-corrected chi connectivity index (χ3v) is 6.26. The number of ether oxygens (including phenoxy) is 3. The van der Waals surface area contributed by atoms with Gasteiger partial charge in [-0.05, 0) is 51.0 Å². The predicted octanol–water partition coefficient (Wildman–Crippen LogP) is 4.90. The molecule has 0 aliphatic carbocycles. The molecule has 2 aromatic carbocycles. The maximum absolute atomic E-state index is 10.8. The first-order valence-electron chi connectivity index (χ1n) is 12.0. The van der Waals surface area contributed by atoms with Crippen molar-refractivity contribution in [3.8, 4) is 23.1 Å². The van der Waals surface area contributed by atoms with Crippen LogP contribution in [0.4, 0.5) is 0 Å². The number of rotatable bonds is 11. The van der Waals surface area contributed by atoms with E-state index in [2.05, 4.69) is 11.5 Å². The minimum absolute atomic E-state index is 0.138. The molecule has 7 heteroatoms.